The number of carbonyl (C=O) groups is 1. The fourth-order valence-electron chi connectivity index (χ4n) is 2.66. The van der Waals surface area contributed by atoms with E-state index < -0.39 is 0 Å². The molecule has 0 saturated carbocycles. The van der Waals surface area contributed by atoms with Crippen molar-refractivity contribution in [2.24, 2.45) is 0 Å². The van der Waals surface area contributed by atoms with Gasteiger partial charge in [-0.15, -0.1) is 0 Å². The predicted octanol–water partition coefficient (Wildman–Crippen LogP) is 3.65. The number of nitrogens with zero attached hydrogens (tertiary/aromatic N) is 2. The fourth-order valence-corrected chi connectivity index (χ4v) is 2.66. The van der Waals surface area contributed by atoms with E-state index in [9.17, 15) is 10.1 Å². The van der Waals surface area contributed by atoms with Gasteiger partial charge in [0.05, 0.1) is 6.61 Å². The van der Waals surface area contributed by atoms with Crippen LogP contribution in [0.4, 0.5) is 5.69 Å². The molecule has 0 radical (unpaired) electrons. The standard InChI is InChI=1S/C19H17N3O3/c1-13-17(16(11-20)19(25-13)22-8-3-4-9-22)18(23)21-15-7-5-6-14(10-15)12-24-2/h3-10H,12H2,1-2H3,(H,21,23). The number of carbonyl (C=O) groups excluding carboxylic acids is 1. The van der Waals surface area contributed by atoms with Crippen LogP contribution in [-0.4, -0.2) is 17.6 Å². The van der Waals surface area contributed by atoms with E-state index in [1.807, 2.05) is 30.3 Å². The summed E-state index contributed by atoms with van der Waals surface area (Å²) in [6.45, 7) is 2.12. The van der Waals surface area contributed by atoms with Crippen molar-refractivity contribution < 1.29 is 13.9 Å². The molecule has 0 aliphatic rings. The van der Waals surface area contributed by atoms with E-state index in [0.717, 1.165) is 5.56 Å². The van der Waals surface area contributed by atoms with Gasteiger partial charge >= 0.3 is 0 Å². The molecule has 0 spiro atoms. The average Bonchev–Trinajstić information content (AvgIpc) is 3.22. The van der Waals surface area contributed by atoms with Crippen LogP contribution >= 0.6 is 0 Å². The number of nitrogens with one attached hydrogen (secondary N) is 1. The van der Waals surface area contributed by atoms with Gasteiger partial charge < -0.3 is 14.5 Å². The maximum Gasteiger partial charge on any atom is 0.260 e. The summed E-state index contributed by atoms with van der Waals surface area (Å²) in [4.78, 5) is 12.7. The second-order valence-corrected chi connectivity index (χ2v) is 5.50. The zero-order valence-electron chi connectivity index (χ0n) is 13.9. The van der Waals surface area contributed by atoms with Crippen LogP contribution in [0.25, 0.3) is 5.88 Å². The Hall–Kier alpha value is -3.30. The minimum absolute atomic E-state index is 0.208. The molecular formula is C19H17N3O3. The van der Waals surface area contributed by atoms with Crippen molar-refractivity contribution in [1.29, 1.82) is 5.26 Å². The Kier molecular flexibility index (Phi) is 4.68. The van der Waals surface area contributed by atoms with Gasteiger partial charge in [-0.1, -0.05) is 12.1 Å². The number of methoxy groups -OCH3 is 1. The Balaban J connectivity index is 1.93. The molecule has 1 N–H and O–H groups in total. The maximum absolute atomic E-state index is 12.7. The van der Waals surface area contributed by atoms with Crippen LogP contribution < -0.4 is 5.32 Å². The van der Waals surface area contributed by atoms with Crippen LogP contribution in [0.15, 0.2) is 53.2 Å². The SMILES string of the molecule is COCc1cccc(NC(=O)c2c(C)oc(-n3cccc3)c2C#N)c1. The average molecular weight is 335 g/mol. The summed E-state index contributed by atoms with van der Waals surface area (Å²) in [5.74, 6) is 0.347. The first-order valence-corrected chi connectivity index (χ1v) is 7.70. The number of furan rings is 1. The lowest BCUT2D eigenvalue weighted by Gasteiger charge is -2.07. The van der Waals surface area contributed by atoms with Crippen molar-refractivity contribution >= 4 is 11.6 Å². The molecule has 1 amide bonds. The number of nitriles is 1. The molecule has 2 heterocycles. The van der Waals surface area contributed by atoms with Crippen molar-refractivity contribution in [2.75, 3.05) is 12.4 Å². The second-order valence-electron chi connectivity index (χ2n) is 5.50. The van der Waals surface area contributed by atoms with Crippen molar-refractivity contribution in [2.45, 2.75) is 13.5 Å². The first kappa shape index (κ1) is 16.6. The molecule has 0 fully saturated rings. The van der Waals surface area contributed by atoms with Gasteiger partial charge in [0, 0.05) is 25.2 Å². The lowest BCUT2D eigenvalue weighted by atomic mass is 10.1. The number of aromatic nitrogens is 1. The van der Waals surface area contributed by atoms with Crippen LogP contribution in [-0.2, 0) is 11.3 Å². The monoisotopic (exact) mass is 335 g/mol. The first-order valence-electron chi connectivity index (χ1n) is 7.70. The van der Waals surface area contributed by atoms with E-state index >= 15 is 0 Å². The van der Waals surface area contributed by atoms with Gasteiger partial charge in [0.25, 0.3) is 5.91 Å². The van der Waals surface area contributed by atoms with Gasteiger partial charge in [-0.3, -0.25) is 9.36 Å². The van der Waals surface area contributed by atoms with Gasteiger partial charge in [-0.05, 0) is 36.8 Å². The zero-order chi connectivity index (χ0) is 17.8. The zero-order valence-corrected chi connectivity index (χ0v) is 13.9. The minimum atomic E-state index is -0.384. The topological polar surface area (TPSA) is 80.2 Å². The number of benzene rings is 1. The van der Waals surface area contributed by atoms with Gasteiger partial charge in [-0.25, -0.2) is 0 Å². The first-order chi connectivity index (χ1) is 12.1. The summed E-state index contributed by atoms with van der Waals surface area (Å²) in [7, 11) is 1.61. The van der Waals surface area contributed by atoms with Gasteiger partial charge in [0.1, 0.15) is 23.0 Å². The summed E-state index contributed by atoms with van der Waals surface area (Å²) >= 11 is 0. The van der Waals surface area contributed by atoms with E-state index in [0.29, 0.717) is 23.9 Å². The summed E-state index contributed by atoms with van der Waals surface area (Å²) in [5.41, 5.74) is 2.02. The third-order valence-corrected chi connectivity index (χ3v) is 3.74. The predicted molar refractivity (Wildman–Crippen MR) is 92.6 cm³/mol. The van der Waals surface area contributed by atoms with E-state index in [4.69, 9.17) is 9.15 Å². The molecule has 3 rings (SSSR count). The highest BCUT2D eigenvalue weighted by Crippen LogP contribution is 2.26. The third-order valence-electron chi connectivity index (χ3n) is 3.74. The Morgan fingerprint density at radius 1 is 1.32 bits per heavy atom. The van der Waals surface area contributed by atoms with Crippen LogP contribution in [0, 0.1) is 18.3 Å². The molecule has 126 valence electrons. The van der Waals surface area contributed by atoms with Crippen LogP contribution in [0.5, 0.6) is 0 Å². The summed E-state index contributed by atoms with van der Waals surface area (Å²) < 4.78 is 12.4. The molecule has 25 heavy (non-hydrogen) atoms. The van der Waals surface area contributed by atoms with E-state index in [1.165, 1.54) is 0 Å². The molecular weight excluding hydrogens is 318 g/mol. The highest BCUT2D eigenvalue weighted by molar-refractivity contribution is 6.07. The Morgan fingerprint density at radius 2 is 2.08 bits per heavy atom. The molecule has 0 bridgehead atoms. The molecule has 0 atom stereocenters. The van der Waals surface area contributed by atoms with Gasteiger partial charge in [0.15, 0.2) is 0 Å². The largest absolute Gasteiger partial charge is 0.443 e. The van der Waals surface area contributed by atoms with Gasteiger partial charge in [-0.2, -0.15) is 5.26 Å². The highest BCUT2D eigenvalue weighted by Gasteiger charge is 2.24. The quantitative estimate of drug-likeness (QED) is 0.772. The maximum atomic E-state index is 12.7. The summed E-state index contributed by atoms with van der Waals surface area (Å²) in [5, 5.41) is 12.3. The van der Waals surface area contributed by atoms with E-state index in [1.54, 1.807) is 37.1 Å². The highest BCUT2D eigenvalue weighted by atomic mass is 16.5. The summed E-state index contributed by atoms with van der Waals surface area (Å²) in [6.07, 6.45) is 3.52. The lowest BCUT2D eigenvalue weighted by molar-refractivity contribution is 0.102. The smallest absolute Gasteiger partial charge is 0.260 e. The molecule has 0 aliphatic heterocycles. The number of ether oxygens (including phenoxy) is 1. The van der Waals surface area contributed by atoms with Crippen LogP contribution in [0.1, 0.15) is 27.2 Å². The van der Waals surface area contributed by atoms with Crippen molar-refractivity contribution in [3.05, 3.63) is 71.2 Å². The van der Waals surface area contributed by atoms with Gasteiger partial charge in [0.2, 0.25) is 5.88 Å². The number of amides is 1. The number of hydrogen-bond donors (Lipinski definition) is 1. The molecule has 2 aromatic heterocycles. The Labute approximate surface area is 145 Å². The molecule has 0 unspecified atom stereocenters. The number of rotatable bonds is 5. The minimum Gasteiger partial charge on any atom is -0.443 e. The van der Waals surface area contributed by atoms with Crippen molar-refractivity contribution in [3.8, 4) is 12.0 Å². The molecule has 6 nitrogen and oxygen atoms in total. The molecule has 3 aromatic rings. The van der Waals surface area contributed by atoms with Crippen LogP contribution in [0.2, 0.25) is 0 Å². The second kappa shape index (κ2) is 7.07. The Bertz CT molecular complexity index is 933. The number of hydrogen-bond acceptors (Lipinski definition) is 4. The van der Waals surface area contributed by atoms with Crippen LogP contribution in [0.3, 0.4) is 0 Å². The van der Waals surface area contributed by atoms with E-state index in [-0.39, 0.29) is 17.0 Å². The normalized spacial score (nSPS) is 10.4. The molecule has 0 aliphatic carbocycles. The molecule has 6 heteroatoms. The van der Waals surface area contributed by atoms with E-state index in [2.05, 4.69) is 11.4 Å². The third kappa shape index (κ3) is 3.32. The lowest BCUT2D eigenvalue weighted by Crippen LogP contribution is -2.14. The molecule has 0 saturated heterocycles. The van der Waals surface area contributed by atoms with Crippen molar-refractivity contribution in [3.63, 3.8) is 0 Å². The fraction of sp³-hybridized carbons (Fsp3) is 0.158. The Morgan fingerprint density at radius 3 is 2.76 bits per heavy atom. The molecule has 1 aromatic carbocycles. The summed E-state index contributed by atoms with van der Waals surface area (Å²) in [6, 6.07) is 13.1. The number of aryl methyl sites for hydroxylation is 1. The number of anilines is 1. The van der Waals surface area contributed by atoms with Crippen molar-refractivity contribution in [1.82, 2.24) is 4.57 Å².